The molecule has 0 aliphatic carbocycles. The minimum atomic E-state index is -0.411. The maximum atomic E-state index is 12.0. The van der Waals surface area contributed by atoms with Gasteiger partial charge >= 0.3 is 5.97 Å². The Bertz CT molecular complexity index is 577. The number of nitrogens with one attached hydrogen (secondary N) is 1. The molecule has 1 rings (SSSR count). The average Bonchev–Trinajstić information content (AvgIpc) is 2.53. The summed E-state index contributed by atoms with van der Waals surface area (Å²) >= 11 is 2.07. The minimum Gasteiger partial charge on any atom is -0.465 e. The SMILES string of the molecule is CCOC(=O)CSC(=O)N[C@@H](CSC(C)=O)Cc1ccccc1C. The molecule has 0 fully saturated rings. The number of carbonyl (C=O) groups is 3. The van der Waals surface area contributed by atoms with Gasteiger partial charge in [0.25, 0.3) is 5.24 Å². The Morgan fingerprint density at radius 3 is 2.54 bits per heavy atom. The van der Waals surface area contributed by atoms with Gasteiger partial charge in [0.15, 0.2) is 5.12 Å². The van der Waals surface area contributed by atoms with Crippen LogP contribution in [-0.4, -0.2) is 40.5 Å². The molecule has 0 aromatic heterocycles. The van der Waals surface area contributed by atoms with Gasteiger partial charge < -0.3 is 10.1 Å². The Hall–Kier alpha value is -1.47. The molecule has 0 saturated heterocycles. The summed E-state index contributed by atoms with van der Waals surface area (Å²) in [6.45, 7) is 5.54. The molecule has 5 nitrogen and oxygen atoms in total. The van der Waals surface area contributed by atoms with Crippen molar-refractivity contribution in [2.24, 2.45) is 0 Å². The second-order valence-corrected chi connectivity index (χ2v) is 7.30. The van der Waals surface area contributed by atoms with Gasteiger partial charge in [-0.1, -0.05) is 47.8 Å². The zero-order valence-corrected chi connectivity index (χ0v) is 15.8. The minimum absolute atomic E-state index is 0.0122. The monoisotopic (exact) mass is 369 g/mol. The summed E-state index contributed by atoms with van der Waals surface area (Å²) in [5, 5.41) is 2.61. The van der Waals surface area contributed by atoms with E-state index in [1.54, 1.807) is 6.92 Å². The highest BCUT2D eigenvalue weighted by molar-refractivity contribution is 8.14. The van der Waals surface area contributed by atoms with Crippen molar-refractivity contribution < 1.29 is 19.1 Å². The van der Waals surface area contributed by atoms with E-state index in [1.165, 1.54) is 18.7 Å². The third-order valence-corrected chi connectivity index (χ3v) is 4.90. The normalized spacial score (nSPS) is 11.6. The van der Waals surface area contributed by atoms with Crippen LogP contribution in [0.5, 0.6) is 0 Å². The molecular formula is C17H23NO4S2. The maximum absolute atomic E-state index is 12.0. The Morgan fingerprint density at radius 1 is 1.21 bits per heavy atom. The van der Waals surface area contributed by atoms with Crippen LogP contribution in [0, 0.1) is 6.92 Å². The number of hydrogen-bond acceptors (Lipinski definition) is 6. The lowest BCUT2D eigenvalue weighted by molar-refractivity contribution is -0.139. The van der Waals surface area contributed by atoms with Gasteiger partial charge in [0.2, 0.25) is 0 Å². The number of hydrogen-bond donors (Lipinski definition) is 1. The summed E-state index contributed by atoms with van der Waals surface area (Å²) in [5.41, 5.74) is 2.27. The van der Waals surface area contributed by atoms with Crippen LogP contribution in [0.25, 0.3) is 0 Å². The zero-order chi connectivity index (χ0) is 17.9. The molecule has 1 N–H and O–H groups in total. The molecular weight excluding hydrogens is 346 g/mol. The molecule has 0 heterocycles. The van der Waals surface area contributed by atoms with Crippen molar-refractivity contribution in [2.75, 3.05) is 18.1 Å². The van der Waals surface area contributed by atoms with Gasteiger partial charge in [-0.05, 0) is 31.4 Å². The van der Waals surface area contributed by atoms with E-state index in [0.717, 1.165) is 22.9 Å². The molecule has 1 atom stereocenters. The van der Waals surface area contributed by atoms with Gasteiger partial charge in [0.1, 0.15) is 5.75 Å². The van der Waals surface area contributed by atoms with E-state index in [-0.39, 0.29) is 22.1 Å². The van der Waals surface area contributed by atoms with Gasteiger partial charge in [0.05, 0.1) is 6.61 Å². The molecule has 0 bridgehead atoms. The number of amides is 1. The molecule has 0 aliphatic rings. The van der Waals surface area contributed by atoms with Gasteiger partial charge in [-0.25, -0.2) is 0 Å². The summed E-state index contributed by atoms with van der Waals surface area (Å²) in [5.74, 6) is 0.0672. The van der Waals surface area contributed by atoms with Gasteiger partial charge in [-0.2, -0.15) is 0 Å². The smallest absolute Gasteiger partial charge is 0.316 e. The predicted molar refractivity (Wildman–Crippen MR) is 99.4 cm³/mol. The Morgan fingerprint density at radius 2 is 1.92 bits per heavy atom. The number of benzene rings is 1. The molecule has 0 unspecified atom stereocenters. The standard InChI is InChI=1S/C17H23NO4S2/c1-4-22-16(20)11-24-17(21)18-15(10-23-13(3)19)9-14-8-6-5-7-12(14)2/h5-8,15H,4,9-11H2,1-3H3,(H,18,21)/t15-/m1/s1. The fraction of sp³-hybridized carbons (Fsp3) is 0.471. The van der Waals surface area contributed by atoms with Crippen LogP contribution in [0.3, 0.4) is 0 Å². The van der Waals surface area contributed by atoms with E-state index in [0.29, 0.717) is 18.8 Å². The maximum Gasteiger partial charge on any atom is 0.316 e. The Kier molecular flexibility index (Phi) is 9.56. The molecule has 1 amide bonds. The van der Waals surface area contributed by atoms with Crippen LogP contribution in [0.4, 0.5) is 4.79 Å². The topological polar surface area (TPSA) is 72.5 Å². The van der Waals surface area contributed by atoms with E-state index in [1.807, 2.05) is 31.2 Å². The highest BCUT2D eigenvalue weighted by atomic mass is 32.2. The molecule has 7 heteroatoms. The summed E-state index contributed by atoms with van der Waals surface area (Å²) in [6, 6.07) is 7.77. The quantitative estimate of drug-likeness (QED) is 0.710. The molecule has 1 aromatic carbocycles. The zero-order valence-electron chi connectivity index (χ0n) is 14.2. The second-order valence-electron chi connectivity index (χ2n) is 5.16. The van der Waals surface area contributed by atoms with E-state index in [2.05, 4.69) is 5.32 Å². The predicted octanol–water partition coefficient (Wildman–Crippen LogP) is 3.19. The molecule has 24 heavy (non-hydrogen) atoms. The second kappa shape index (κ2) is 11.1. The van der Waals surface area contributed by atoms with Crippen molar-refractivity contribution in [1.29, 1.82) is 0 Å². The summed E-state index contributed by atoms with van der Waals surface area (Å²) in [4.78, 5) is 34.6. The summed E-state index contributed by atoms with van der Waals surface area (Å²) < 4.78 is 4.80. The Balaban J connectivity index is 2.61. The number of carbonyl (C=O) groups excluding carboxylic acids is 3. The van der Waals surface area contributed by atoms with Crippen molar-refractivity contribution >= 4 is 39.8 Å². The van der Waals surface area contributed by atoms with Crippen LogP contribution in [0.2, 0.25) is 0 Å². The van der Waals surface area contributed by atoms with Crippen molar-refractivity contribution in [3.05, 3.63) is 35.4 Å². The fourth-order valence-corrected chi connectivity index (χ4v) is 3.23. The fourth-order valence-electron chi connectivity index (χ4n) is 2.01. The van der Waals surface area contributed by atoms with Crippen LogP contribution in [0.1, 0.15) is 25.0 Å². The van der Waals surface area contributed by atoms with Crippen LogP contribution < -0.4 is 5.32 Å². The van der Waals surface area contributed by atoms with Gasteiger partial charge in [-0.15, -0.1) is 0 Å². The van der Waals surface area contributed by atoms with Crippen LogP contribution in [-0.2, 0) is 20.7 Å². The van der Waals surface area contributed by atoms with Crippen LogP contribution in [0.15, 0.2) is 24.3 Å². The highest BCUT2D eigenvalue weighted by Gasteiger charge is 2.17. The van der Waals surface area contributed by atoms with Crippen LogP contribution >= 0.6 is 23.5 Å². The average molecular weight is 370 g/mol. The molecule has 0 spiro atoms. The van der Waals surface area contributed by atoms with Gasteiger partial charge in [0, 0.05) is 18.7 Å². The molecule has 1 aromatic rings. The number of thioether (sulfide) groups is 2. The van der Waals surface area contributed by atoms with Crippen molar-refractivity contribution in [3.63, 3.8) is 0 Å². The molecule has 132 valence electrons. The number of aryl methyl sites for hydroxylation is 1. The first-order valence-electron chi connectivity index (χ1n) is 7.69. The lowest BCUT2D eigenvalue weighted by atomic mass is 10.0. The molecule has 0 aliphatic heterocycles. The van der Waals surface area contributed by atoms with E-state index in [4.69, 9.17) is 4.74 Å². The lowest BCUT2D eigenvalue weighted by Crippen LogP contribution is -2.37. The van der Waals surface area contributed by atoms with E-state index < -0.39 is 5.97 Å². The van der Waals surface area contributed by atoms with Crippen molar-refractivity contribution in [3.8, 4) is 0 Å². The third-order valence-electron chi connectivity index (χ3n) is 3.16. The number of ether oxygens (including phenoxy) is 1. The summed E-state index contributed by atoms with van der Waals surface area (Å²) in [7, 11) is 0. The number of esters is 1. The Labute approximate surface area is 151 Å². The first kappa shape index (κ1) is 20.6. The lowest BCUT2D eigenvalue weighted by Gasteiger charge is -2.18. The highest BCUT2D eigenvalue weighted by Crippen LogP contribution is 2.15. The summed E-state index contributed by atoms with van der Waals surface area (Å²) in [6.07, 6.45) is 0.638. The largest absolute Gasteiger partial charge is 0.465 e. The first-order chi connectivity index (χ1) is 11.4. The van der Waals surface area contributed by atoms with E-state index >= 15 is 0 Å². The first-order valence-corrected chi connectivity index (χ1v) is 9.66. The van der Waals surface area contributed by atoms with E-state index in [9.17, 15) is 14.4 Å². The number of rotatable bonds is 8. The molecule has 0 radical (unpaired) electrons. The molecule has 0 saturated carbocycles. The van der Waals surface area contributed by atoms with Crippen molar-refractivity contribution in [2.45, 2.75) is 33.2 Å². The van der Waals surface area contributed by atoms with Gasteiger partial charge in [-0.3, -0.25) is 14.4 Å². The van der Waals surface area contributed by atoms with Crippen molar-refractivity contribution in [1.82, 2.24) is 5.32 Å². The third kappa shape index (κ3) is 8.40.